The van der Waals surface area contributed by atoms with E-state index in [0.717, 1.165) is 15.4 Å². The third-order valence-electron chi connectivity index (χ3n) is 2.71. The lowest BCUT2D eigenvalue weighted by Crippen LogP contribution is -2.03. The fraction of sp³-hybridized carbons (Fsp3) is 0.0769. The third-order valence-corrected chi connectivity index (χ3v) is 6.19. The summed E-state index contributed by atoms with van der Waals surface area (Å²) in [5, 5.41) is 5.83. The Kier molecular flexibility index (Phi) is 3.64. The number of hydrogen-bond acceptors (Lipinski definition) is 6. The van der Waals surface area contributed by atoms with Gasteiger partial charge in [-0.15, -0.1) is 16.4 Å². The standard InChI is InChI=1S/C13H10N2O2S3/c16-20(17,11-4-2-1-3-5-11)9-10-6-7-13(19-10)12-8-18-15-14-12/h1-8H,9H2. The first-order valence-electron chi connectivity index (χ1n) is 5.79. The lowest BCUT2D eigenvalue weighted by Gasteiger charge is -2.01. The third kappa shape index (κ3) is 2.79. The van der Waals surface area contributed by atoms with E-state index in [4.69, 9.17) is 0 Å². The summed E-state index contributed by atoms with van der Waals surface area (Å²) in [5.41, 5.74) is 0.795. The molecule has 3 rings (SSSR count). The maximum absolute atomic E-state index is 12.3. The van der Waals surface area contributed by atoms with Crippen LogP contribution in [0, 0.1) is 0 Å². The fourth-order valence-corrected chi connectivity index (χ4v) is 4.96. The molecule has 102 valence electrons. The van der Waals surface area contributed by atoms with Gasteiger partial charge in [-0.2, -0.15) is 0 Å². The highest BCUT2D eigenvalue weighted by atomic mass is 32.2. The van der Waals surface area contributed by atoms with Gasteiger partial charge in [-0.25, -0.2) is 8.42 Å². The van der Waals surface area contributed by atoms with Gasteiger partial charge in [0.25, 0.3) is 0 Å². The zero-order valence-electron chi connectivity index (χ0n) is 10.3. The van der Waals surface area contributed by atoms with Crippen molar-refractivity contribution in [2.24, 2.45) is 0 Å². The first-order chi connectivity index (χ1) is 9.65. The maximum atomic E-state index is 12.3. The van der Waals surface area contributed by atoms with Crippen LogP contribution in [0.5, 0.6) is 0 Å². The summed E-state index contributed by atoms with van der Waals surface area (Å²) in [7, 11) is -3.29. The molecule has 0 saturated heterocycles. The molecule has 0 fully saturated rings. The molecule has 0 atom stereocenters. The van der Waals surface area contributed by atoms with Gasteiger partial charge in [0.2, 0.25) is 0 Å². The molecule has 0 aliphatic heterocycles. The average Bonchev–Trinajstić information content (AvgIpc) is 3.10. The van der Waals surface area contributed by atoms with E-state index in [1.54, 1.807) is 30.3 Å². The summed E-state index contributed by atoms with van der Waals surface area (Å²) >= 11 is 2.72. The molecule has 0 N–H and O–H groups in total. The van der Waals surface area contributed by atoms with Crippen molar-refractivity contribution in [3.05, 3.63) is 52.7 Å². The van der Waals surface area contributed by atoms with Crippen LogP contribution in [0.4, 0.5) is 0 Å². The van der Waals surface area contributed by atoms with Crippen molar-refractivity contribution in [3.63, 3.8) is 0 Å². The first-order valence-corrected chi connectivity index (χ1v) is 9.10. The molecular formula is C13H10N2O2S3. The Morgan fingerprint density at radius 3 is 2.55 bits per heavy atom. The molecule has 0 spiro atoms. The van der Waals surface area contributed by atoms with E-state index in [-0.39, 0.29) is 5.75 Å². The van der Waals surface area contributed by atoms with Gasteiger partial charge in [0, 0.05) is 10.3 Å². The van der Waals surface area contributed by atoms with Gasteiger partial charge in [-0.05, 0) is 35.8 Å². The van der Waals surface area contributed by atoms with Gasteiger partial charge in [-0.3, -0.25) is 0 Å². The number of thiophene rings is 1. The van der Waals surface area contributed by atoms with Crippen molar-refractivity contribution in [3.8, 4) is 10.6 Å². The number of rotatable bonds is 4. The Morgan fingerprint density at radius 2 is 1.85 bits per heavy atom. The van der Waals surface area contributed by atoms with E-state index in [0.29, 0.717) is 4.90 Å². The molecule has 2 aromatic heterocycles. The molecule has 0 amide bonds. The quantitative estimate of drug-likeness (QED) is 0.740. The van der Waals surface area contributed by atoms with E-state index in [2.05, 4.69) is 9.59 Å². The summed E-state index contributed by atoms with van der Waals surface area (Å²) in [6, 6.07) is 12.2. The normalized spacial score (nSPS) is 11.6. The van der Waals surface area contributed by atoms with Crippen LogP contribution in [0.1, 0.15) is 4.88 Å². The Labute approximate surface area is 124 Å². The van der Waals surface area contributed by atoms with Crippen molar-refractivity contribution in [2.45, 2.75) is 10.6 Å². The second-order valence-corrected chi connectivity index (χ2v) is 7.90. The van der Waals surface area contributed by atoms with Crippen LogP contribution in [-0.4, -0.2) is 18.0 Å². The molecule has 1 aromatic carbocycles. The van der Waals surface area contributed by atoms with Crippen molar-refractivity contribution >= 4 is 32.7 Å². The minimum absolute atomic E-state index is 0.0131. The number of nitrogens with zero attached hydrogens (tertiary/aromatic N) is 2. The van der Waals surface area contributed by atoms with Crippen LogP contribution in [0.25, 0.3) is 10.6 Å². The van der Waals surface area contributed by atoms with E-state index in [9.17, 15) is 8.42 Å². The largest absolute Gasteiger partial charge is 0.223 e. The van der Waals surface area contributed by atoms with Crippen molar-refractivity contribution in [1.29, 1.82) is 0 Å². The van der Waals surface area contributed by atoms with Gasteiger partial charge in [-0.1, -0.05) is 22.7 Å². The smallest absolute Gasteiger partial charge is 0.183 e. The predicted molar refractivity (Wildman–Crippen MR) is 80.6 cm³/mol. The monoisotopic (exact) mass is 322 g/mol. The molecule has 7 heteroatoms. The number of sulfone groups is 1. The molecular weight excluding hydrogens is 312 g/mol. The SMILES string of the molecule is O=S(=O)(Cc1ccc(-c2csnn2)s1)c1ccccc1. The molecule has 20 heavy (non-hydrogen) atoms. The van der Waals surface area contributed by atoms with E-state index in [1.165, 1.54) is 22.9 Å². The van der Waals surface area contributed by atoms with Gasteiger partial charge < -0.3 is 0 Å². The molecule has 3 aromatic rings. The Balaban J connectivity index is 1.85. The Hall–Kier alpha value is -1.57. The average molecular weight is 322 g/mol. The van der Waals surface area contributed by atoms with E-state index in [1.807, 2.05) is 17.5 Å². The number of hydrogen-bond donors (Lipinski definition) is 0. The summed E-state index contributed by atoms with van der Waals surface area (Å²) < 4.78 is 28.4. The minimum atomic E-state index is -3.29. The van der Waals surface area contributed by atoms with Gasteiger partial charge in [0.15, 0.2) is 9.84 Å². The van der Waals surface area contributed by atoms with Crippen LogP contribution < -0.4 is 0 Å². The predicted octanol–water partition coefficient (Wildman–Crippen LogP) is 3.24. The summed E-state index contributed by atoms with van der Waals surface area (Å²) in [4.78, 5) is 2.10. The minimum Gasteiger partial charge on any atom is -0.223 e. The van der Waals surface area contributed by atoms with E-state index < -0.39 is 9.84 Å². The highest BCUT2D eigenvalue weighted by Crippen LogP contribution is 2.29. The molecule has 0 bridgehead atoms. The second kappa shape index (κ2) is 5.43. The lowest BCUT2D eigenvalue weighted by atomic mass is 10.4. The number of benzene rings is 1. The Morgan fingerprint density at radius 1 is 1.05 bits per heavy atom. The molecule has 4 nitrogen and oxygen atoms in total. The zero-order chi connectivity index (χ0) is 14.0. The van der Waals surface area contributed by atoms with Crippen LogP contribution in [-0.2, 0) is 15.6 Å². The van der Waals surface area contributed by atoms with Crippen molar-refractivity contribution in [2.75, 3.05) is 0 Å². The molecule has 0 unspecified atom stereocenters. The number of aromatic nitrogens is 2. The van der Waals surface area contributed by atoms with Gasteiger partial charge in [0.1, 0.15) is 5.69 Å². The van der Waals surface area contributed by atoms with Crippen LogP contribution in [0.15, 0.2) is 52.7 Å². The van der Waals surface area contributed by atoms with E-state index >= 15 is 0 Å². The first kappa shape index (κ1) is 13.4. The second-order valence-electron chi connectivity index (χ2n) is 4.13. The van der Waals surface area contributed by atoms with Crippen LogP contribution in [0.2, 0.25) is 0 Å². The maximum Gasteiger partial charge on any atom is 0.183 e. The zero-order valence-corrected chi connectivity index (χ0v) is 12.7. The molecule has 0 radical (unpaired) electrons. The molecule has 0 aliphatic carbocycles. The van der Waals surface area contributed by atoms with Crippen molar-refractivity contribution < 1.29 is 8.42 Å². The highest BCUT2D eigenvalue weighted by molar-refractivity contribution is 7.90. The van der Waals surface area contributed by atoms with Crippen LogP contribution in [0.3, 0.4) is 0 Å². The molecule has 0 aliphatic rings. The fourth-order valence-electron chi connectivity index (χ4n) is 1.76. The summed E-state index contributed by atoms with van der Waals surface area (Å²) in [6.45, 7) is 0. The lowest BCUT2D eigenvalue weighted by molar-refractivity contribution is 0.595. The van der Waals surface area contributed by atoms with Crippen LogP contribution >= 0.6 is 22.9 Å². The van der Waals surface area contributed by atoms with Gasteiger partial charge in [0.05, 0.1) is 15.5 Å². The molecule has 2 heterocycles. The topological polar surface area (TPSA) is 59.9 Å². The highest BCUT2D eigenvalue weighted by Gasteiger charge is 2.16. The summed E-state index contributed by atoms with van der Waals surface area (Å²) in [5.74, 6) is 0.0131. The van der Waals surface area contributed by atoms with Crippen molar-refractivity contribution in [1.82, 2.24) is 9.59 Å². The summed E-state index contributed by atoms with van der Waals surface area (Å²) in [6.07, 6.45) is 0. The Bertz CT molecular complexity index is 793. The van der Waals surface area contributed by atoms with Gasteiger partial charge >= 0.3 is 0 Å². The molecule has 0 saturated carbocycles.